The summed E-state index contributed by atoms with van der Waals surface area (Å²) in [5, 5.41) is 3.70. The highest BCUT2D eigenvalue weighted by Crippen LogP contribution is 2.16. The molecule has 1 saturated heterocycles. The summed E-state index contributed by atoms with van der Waals surface area (Å²) in [4.78, 5) is 0. The molecule has 0 spiro atoms. The Hall–Kier alpha value is 0. The lowest BCUT2D eigenvalue weighted by Crippen LogP contribution is -2.46. The van der Waals surface area contributed by atoms with E-state index in [1.807, 2.05) is 11.8 Å². The summed E-state index contributed by atoms with van der Waals surface area (Å²) in [6, 6.07) is 0.511. The zero-order valence-corrected chi connectivity index (χ0v) is 7.93. The van der Waals surface area contributed by atoms with Crippen molar-refractivity contribution in [2.45, 2.75) is 18.9 Å². The maximum absolute atomic E-state index is 5.13. The maximum Gasteiger partial charge on any atom is 0.180 e. The summed E-state index contributed by atoms with van der Waals surface area (Å²) in [6.07, 6.45) is 2.48. The Morgan fingerprint density at radius 2 is 2.45 bits per heavy atom. The van der Waals surface area contributed by atoms with Crippen molar-refractivity contribution < 1.29 is 0 Å². The van der Waals surface area contributed by atoms with E-state index in [1.54, 1.807) is 0 Å². The lowest BCUT2D eigenvalue weighted by Gasteiger charge is -2.23. The second-order valence-electron chi connectivity index (χ2n) is 2.53. The highest BCUT2D eigenvalue weighted by Gasteiger charge is 2.13. The molecule has 0 aromatic rings. The zero-order chi connectivity index (χ0) is 8.10. The highest BCUT2D eigenvalue weighted by molar-refractivity contribution is 7.99. The highest BCUT2D eigenvalue weighted by atomic mass is 32.2. The van der Waals surface area contributed by atoms with Crippen molar-refractivity contribution in [3.05, 3.63) is 0 Å². The molecule has 0 aromatic heterocycles. The second kappa shape index (κ2) is 4.79. The van der Waals surface area contributed by atoms with Crippen LogP contribution in [-0.2, 0) is 0 Å². The van der Waals surface area contributed by atoms with Crippen molar-refractivity contribution in [1.82, 2.24) is 10.7 Å². The fraction of sp³-hybridized carbons (Fsp3) is 0.833. The van der Waals surface area contributed by atoms with Gasteiger partial charge in [-0.25, -0.2) is 5.84 Å². The minimum absolute atomic E-state index is 0.511. The van der Waals surface area contributed by atoms with Gasteiger partial charge in [-0.05, 0) is 30.8 Å². The maximum atomic E-state index is 5.13. The van der Waals surface area contributed by atoms with Gasteiger partial charge >= 0.3 is 0 Å². The first-order valence-electron chi connectivity index (χ1n) is 3.68. The monoisotopic (exact) mass is 191 g/mol. The van der Waals surface area contributed by atoms with Crippen LogP contribution in [0.1, 0.15) is 12.8 Å². The van der Waals surface area contributed by atoms with Crippen LogP contribution >= 0.6 is 24.0 Å². The van der Waals surface area contributed by atoms with Gasteiger partial charge in [0.25, 0.3) is 0 Å². The van der Waals surface area contributed by atoms with Crippen LogP contribution in [0.5, 0.6) is 0 Å². The molecule has 1 atom stereocenters. The Labute approximate surface area is 76.4 Å². The molecular formula is C6H13N3S2. The molecule has 0 aromatic carbocycles. The minimum atomic E-state index is 0.511. The van der Waals surface area contributed by atoms with E-state index in [4.69, 9.17) is 18.1 Å². The van der Waals surface area contributed by atoms with Gasteiger partial charge in [0.2, 0.25) is 0 Å². The number of thioether (sulfide) groups is 1. The van der Waals surface area contributed by atoms with Crippen LogP contribution in [0.4, 0.5) is 0 Å². The SMILES string of the molecule is NNC(=S)NC1CCCSC1. The van der Waals surface area contributed by atoms with Gasteiger partial charge in [-0.15, -0.1) is 0 Å². The van der Waals surface area contributed by atoms with Gasteiger partial charge in [0, 0.05) is 11.8 Å². The second-order valence-corrected chi connectivity index (χ2v) is 4.09. The van der Waals surface area contributed by atoms with Crippen LogP contribution in [0.2, 0.25) is 0 Å². The molecule has 1 rings (SSSR count). The lowest BCUT2D eigenvalue weighted by molar-refractivity contribution is 0.589. The fourth-order valence-corrected chi connectivity index (χ4v) is 2.32. The minimum Gasteiger partial charge on any atom is -0.358 e. The largest absolute Gasteiger partial charge is 0.358 e. The predicted molar refractivity (Wildman–Crippen MR) is 53.4 cm³/mol. The third-order valence-electron chi connectivity index (χ3n) is 1.63. The number of rotatable bonds is 1. The normalized spacial score (nSPS) is 24.3. The van der Waals surface area contributed by atoms with Crippen LogP contribution in [-0.4, -0.2) is 22.7 Å². The van der Waals surface area contributed by atoms with Crippen molar-refractivity contribution >= 4 is 29.1 Å². The van der Waals surface area contributed by atoms with Crippen LogP contribution < -0.4 is 16.6 Å². The van der Waals surface area contributed by atoms with Gasteiger partial charge < -0.3 is 10.7 Å². The first kappa shape index (κ1) is 9.09. The Balaban J connectivity index is 2.19. The standard InChI is InChI=1S/C6H13N3S2/c7-9-6(10)8-5-2-1-3-11-4-5/h5H,1-4,7H2,(H2,8,9,10). The van der Waals surface area contributed by atoms with E-state index in [1.165, 1.54) is 18.6 Å². The number of hydrogen-bond donors (Lipinski definition) is 3. The Morgan fingerprint density at radius 3 is 3.00 bits per heavy atom. The topological polar surface area (TPSA) is 50.1 Å². The smallest absolute Gasteiger partial charge is 0.180 e. The van der Waals surface area contributed by atoms with E-state index in [0.717, 1.165) is 5.75 Å². The number of nitrogens with one attached hydrogen (secondary N) is 2. The molecule has 0 bridgehead atoms. The van der Waals surface area contributed by atoms with Crippen molar-refractivity contribution in [2.75, 3.05) is 11.5 Å². The first-order chi connectivity index (χ1) is 5.33. The molecule has 1 aliphatic rings. The quantitative estimate of drug-likeness (QED) is 0.314. The molecular weight excluding hydrogens is 178 g/mol. The number of hydrogen-bond acceptors (Lipinski definition) is 3. The molecule has 64 valence electrons. The van der Waals surface area contributed by atoms with E-state index in [-0.39, 0.29) is 0 Å². The number of thiocarbonyl (C=S) groups is 1. The van der Waals surface area contributed by atoms with Gasteiger partial charge in [-0.1, -0.05) is 0 Å². The van der Waals surface area contributed by atoms with Crippen molar-refractivity contribution in [3.8, 4) is 0 Å². The van der Waals surface area contributed by atoms with Crippen LogP contribution in [0.25, 0.3) is 0 Å². The third kappa shape index (κ3) is 3.27. The van der Waals surface area contributed by atoms with Gasteiger partial charge in [0.15, 0.2) is 5.11 Å². The predicted octanol–water partition coefficient (Wildman–Crippen LogP) is 0.220. The summed E-state index contributed by atoms with van der Waals surface area (Å²) in [6.45, 7) is 0. The van der Waals surface area contributed by atoms with Gasteiger partial charge in [0.05, 0.1) is 0 Å². The summed E-state index contributed by atoms with van der Waals surface area (Å²) >= 11 is 6.84. The van der Waals surface area contributed by atoms with Gasteiger partial charge in [-0.3, -0.25) is 0 Å². The van der Waals surface area contributed by atoms with Crippen molar-refractivity contribution in [3.63, 3.8) is 0 Å². The molecule has 1 heterocycles. The first-order valence-corrected chi connectivity index (χ1v) is 5.24. The Morgan fingerprint density at radius 1 is 1.64 bits per heavy atom. The molecule has 1 aliphatic heterocycles. The van der Waals surface area contributed by atoms with E-state index >= 15 is 0 Å². The molecule has 3 nitrogen and oxygen atoms in total. The third-order valence-corrected chi connectivity index (χ3v) is 3.08. The molecule has 1 unspecified atom stereocenters. The molecule has 0 radical (unpaired) electrons. The lowest BCUT2D eigenvalue weighted by atomic mass is 10.2. The average molecular weight is 191 g/mol. The molecule has 0 amide bonds. The van der Waals surface area contributed by atoms with Crippen molar-refractivity contribution in [1.29, 1.82) is 0 Å². The fourth-order valence-electron chi connectivity index (χ4n) is 1.08. The Kier molecular flexibility index (Phi) is 3.96. The van der Waals surface area contributed by atoms with Crippen LogP contribution in [0, 0.1) is 0 Å². The van der Waals surface area contributed by atoms with E-state index in [0.29, 0.717) is 11.2 Å². The van der Waals surface area contributed by atoms with Crippen LogP contribution in [0.3, 0.4) is 0 Å². The molecule has 4 N–H and O–H groups in total. The Bertz CT molecular complexity index is 134. The summed E-state index contributed by atoms with van der Waals surface area (Å²) in [7, 11) is 0. The van der Waals surface area contributed by atoms with E-state index in [2.05, 4.69) is 10.7 Å². The average Bonchev–Trinajstić information content (AvgIpc) is 2.06. The summed E-state index contributed by atoms with van der Waals surface area (Å²) in [5.41, 5.74) is 2.42. The van der Waals surface area contributed by atoms with Crippen molar-refractivity contribution in [2.24, 2.45) is 5.84 Å². The number of hydrazine groups is 1. The number of nitrogens with two attached hydrogens (primary N) is 1. The molecule has 1 fully saturated rings. The molecule has 5 heteroatoms. The van der Waals surface area contributed by atoms with Gasteiger partial charge in [0.1, 0.15) is 0 Å². The van der Waals surface area contributed by atoms with E-state index in [9.17, 15) is 0 Å². The molecule has 0 aliphatic carbocycles. The zero-order valence-electron chi connectivity index (χ0n) is 6.30. The van der Waals surface area contributed by atoms with E-state index < -0.39 is 0 Å². The summed E-state index contributed by atoms with van der Waals surface area (Å²) < 4.78 is 0. The molecule has 11 heavy (non-hydrogen) atoms. The summed E-state index contributed by atoms with van der Waals surface area (Å²) in [5.74, 6) is 7.55. The van der Waals surface area contributed by atoms with Gasteiger partial charge in [-0.2, -0.15) is 11.8 Å². The molecule has 0 saturated carbocycles. The van der Waals surface area contributed by atoms with Crippen LogP contribution in [0.15, 0.2) is 0 Å².